The van der Waals surface area contributed by atoms with Crippen molar-refractivity contribution in [3.63, 3.8) is 0 Å². The second-order valence-corrected chi connectivity index (χ2v) is 6.81. The number of carbonyl (C=O) groups is 1. The first kappa shape index (κ1) is 15.2. The number of nitrogens with zero attached hydrogens (tertiary/aromatic N) is 2. The van der Waals surface area contributed by atoms with Gasteiger partial charge in [0.05, 0.1) is 10.6 Å². The maximum Gasteiger partial charge on any atom is 0.270 e. The van der Waals surface area contributed by atoms with Crippen LogP contribution in [-0.2, 0) is 4.79 Å². The molecule has 0 bridgehead atoms. The molecule has 7 heteroatoms. The third-order valence-electron chi connectivity index (χ3n) is 3.56. The van der Waals surface area contributed by atoms with Crippen LogP contribution >= 0.6 is 24.0 Å². The number of aromatic nitrogens is 1. The van der Waals surface area contributed by atoms with Crippen molar-refractivity contribution < 1.29 is 14.3 Å². The van der Waals surface area contributed by atoms with E-state index in [1.54, 1.807) is 30.6 Å². The molecule has 1 aromatic heterocycles. The van der Waals surface area contributed by atoms with Gasteiger partial charge in [-0.1, -0.05) is 30.0 Å². The molecule has 120 valence electrons. The third kappa shape index (κ3) is 2.76. The van der Waals surface area contributed by atoms with Gasteiger partial charge in [0, 0.05) is 18.5 Å². The van der Waals surface area contributed by atoms with Crippen molar-refractivity contribution in [3.05, 3.63) is 53.2 Å². The summed E-state index contributed by atoms with van der Waals surface area (Å²) in [5.41, 5.74) is 1.54. The van der Waals surface area contributed by atoms with E-state index in [9.17, 15) is 4.79 Å². The van der Waals surface area contributed by atoms with Crippen molar-refractivity contribution in [1.82, 2.24) is 4.98 Å². The number of fused-ring (bicyclic) bond motifs is 1. The van der Waals surface area contributed by atoms with E-state index in [0.29, 0.717) is 39.6 Å². The molecule has 0 radical (unpaired) electrons. The van der Waals surface area contributed by atoms with Gasteiger partial charge in [-0.15, -0.1) is 0 Å². The van der Waals surface area contributed by atoms with E-state index in [0.717, 1.165) is 5.56 Å². The van der Waals surface area contributed by atoms with Gasteiger partial charge in [0.2, 0.25) is 0 Å². The van der Waals surface area contributed by atoms with Crippen LogP contribution in [0.3, 0.4) is 0 Å². The molecule has 1 amide bonds. The Balaban J connectivity index is 1.66. The van der Waals surface area contributed by atoms with Gasteiger partial charge in [-0.2, -0.15) is 0 Å². The molecular formula is C17H12N2O3S2. The summed E-state index contributed by atoms with van der Waals surface area (Å²) in [6.45, 7) is 1.02. The molecule has 0 saturated carbocycles. The van der Waals surface area contributed by atoms with E-state index >= 15 is 0 Å². The largest absolute Gasteiger partial charge is 0.486 e. The molecule has 0 aliphatic carbocycles. The van der Waals surface area contributed by atoms with Crippen LogP contribution in [0.2, 0.25) is 0 Å². The molecule has 1 aromatic carbocycles. The first-order valence-corrected chi connectivity index (χ1v) is 8.52. The summed E-state index contributed by atoms with van der Waals surface area (Å²) < 4.78 is 11.6. The number of thiocarbonyl (C=S) groups is 1. The highest BCUT2D eigenvalue weighted by Crippen LogP contribution is 2.40. The van der Waals surface area contributed by atoms with Crippen LogP contribution in [0.5, 0.6) is 11.5 Å². The predicted molar refractivity (Wildman–Crippen MR) is 97.3 cm³/mol. The minimum absolute atomic E-state index is 0.148. The molecule has 5 nitrogen and oxygen atoms in total. The summed E-state index contributed by atoms with van der Waals surface area (Å²) in [4.78, 5) is 18.9. The molecule has 24 heavy (non-hydrogen) atoms. The van der Waals surface area contributed by atoms with E-state index in [1.807, 2.05) is 18.2 Å². The van der Waals surface area contributed by atoms with E-state index in [2.05, 4.69) is 4.98 Å². The molecule has 0 N–H and O–H groups in total. The monoisotopic (exact) mass is 356 g/mol. The van der Waals surface area contributed by atoms with E-state index in [4.69, 9.17) is 21.7 Å². The van der Waals surface area contributed by atoms with Crippen LogP contribution in [0.25, 0.3) is 6.08 Å². The second kappa shape index (κ2) is 6.26. The van der Waals surface area contributed by atoms with Crippen LogP contribution in [0, 0.1) is 0 Å². The fraction of sp³-hybridized carbons (Fsp3) is 0.118. The van der Waals surface area contributed by atoms with E-state index in [1.165, 1.54) is 16.7 Å². The van der Waals surface area contributed by atoms with Crippen LogP contribution in [0.1, 0.15) is 5.56 Å². The zero-order valence-electron chi connectivity index (χ0n) is 12.5. The maximum absolute atomic E-state index is 12.7. The molecule has 2 aliphatic heterocycles. The maximum atomic E-state index is 12.7. The fourth-order valence-electron chi connectivity index (χ4n) is 2.47. The highest BCUT2D eigenvalue weighted by molar-refractivity contribution is 8.27. The van der Waals surface area contributed by atoms with Crippen molar-refractivity contribution in [2.75, 3.05) is 18.1 Å². The molecule has 1 saturated heterocycles. The lowest BCUT2D eigenvalue weighted by Crippen LogP contribution is -2.27. The van der Waals surface area contributed by atoms with E-state index in [-0.39, 0.29) is 5.91 Å². The Bertz CT molecular complexity index is 852. The number of carbonyl (C=O) groups excluding carboxylic acids is 1. The minimum Gasteiger partial charge on any atom is -0.486 e. The molecule has 2 aliphatic rings. The molecule has 0 unspecified atom stereocenters. The Morgan fingerprint density at radius 1 is 1.21 bits per heavy atom. The van der Waals surface area contributed by atoms with Gasteiger partial charge in [-0.05, 0) is 29.8 Å². The number of hydrogen-bond donors (Lipinski definition) is 0. The number of rotatable bonds is 2. The number of benzene rings is 1. The topological polar surface area (TPSA) is 51.7 Å². The molecule has 0 spiro atoms. The number of ether oxygens (including phenoxy) is 2. The normalized spacial score (nSPS) is 18.3. The highest BCUT2D eigenvalue weighted by Gasteiger charge is 2.34. The first-order valence-electron chi connectivity index (χ1n) is 7.30. The predicted octanol–water partition coefficient (Wildman–Crippen LogP) is 3.26. The van der Waals surface area contributed by atoms with Gasteiger partial charge in [-0.3, -0.25) is 14.7 Å². The average molecular weight is 356 g/mol. The molecule has 3 heterocycles. The number of amides is 1. The van der Waals surface area contributed by atoms with Crippen LogP contribution in [-0.4, -0.2) is 28.4 Å². The van der Waals surface area contributed by atoms with Gasteiger partial charge in [0.1, 0.15) is 13.2 Å². The summed E-state index contributed by atoms with van der Waals surface area (Å²) in [5.74, 6) is 1.16. The van der Waals surface area contributed by atoms with Crippen molar-refractivity contribution in [2.45, 2.75) is 0 Å². The zero-order chi connectivity index (χ0) is 16.5. The number of anilines is 1. The van der Waals surface area contributed by atoms with Gasteiger partial charge < -0.3 is 9.47 Å². The lowest BCUT2D eigenvalue weighted by molar-refractivity contribution is -0.113. The van der Waals surface area contributed by atoms with E-state index < -0.39 is 0 Å². The van der Waals surface area contributed by atoms with Crippen LogP contribution in [0.15, 0.2) is 47.6 Å². The van der Waals surface area contributed by atoms with Crippen LogP contribution in [0.4, 0.5) is 5.69 Å². The first-order chi connectivity index (χ1) is 11.7. The molecular weight excluding hydrogens is 344 g/mol. The Kier molecular flexibility index (Phi) is 3.95. The molecule has 4 rings (SSSR count). The summed E-state index contributed by atoms with van der Waals surface area (Å²) in [7, 11) is 0. The summed E-state index contributed by atoms with van der Waals surface area (Å²) >= 11 is 6.67. The van der Waals surface area contributed by atoms with Crippen LogP contribution < -0.4 is 14.4 Å². The van der Waals surface area contributed by atoms with Gasteiger partial charge >= 0.3 is 0 Å². The van der Waals surface area contributed by atoms with Crippen molar-refractivity contribution in [1.29, 1.82) is 0 Å². The summed E-state index contributed by atoms with van der Waals surface area (Å²) in [6, 6.07) is 9.11. The fourth-order valence-corrected chi connectivity index (χ4v) is 3.77. The molecule has 0 atom stereocenters. The molecule has 1 fully saturated rings. The van der Waals surface area contributed by atoms with Crippen molar-refractivity contribution >= 4 is 46.0 Å². The zero-order valence-corrected chi connectivity index (χ0v) is 14.1. The number of pyridine rings is 1. The lowest BCUT2D eigenvalue weighted by Gasteiger charge is -2.21. The second-order valence-electron chi connectivity index (χ2n) is 5.13. The van der Waals surface area contributed by atoms with Gasteiger partial charge in [0.25, 0.3) is 5.91 Å². The molecule has 2 aromatic rings. The van der Waals surface area contributed by atoms with Crippen molar-refractivity contribution in [2.24, 2.45) is 0 Å². The SMILES string of the molecule is O=C1/C(=C\c2cccnc2)SC(=S)N1c1ccc2c(c1)OCCO2. The third-order valence-corrected chi connectivity index (χ3v) is 4.86. The summed E-state index contributed by atoms with van der Waals surface area (Å²) in [5, 5.41) is 0. The smallest absolute Gasteiger partial charge is 0.270 e. The average Bonchev–Trinajstić information content (AvgIpc) is 2.89. The highest BCUT2D eigenvalue weighted by atomic mass is 32.2. The Morgan fingerprint density at radius 2 is 2.04 bits per heavy atom. The number of thioether (sulfide) groups is 1. The Labute approximate surface area is 148 Å². The standard InChI is InChI=1S/C17H12N2O3S2/c20-16-15(8-11-2-1-5-18-10-11)24-17(23)19(16)12-3-4-13-14(9-12)22-7-6-21-13/h1-5,8-10H,6-7H2/b15-8+. The quantitative estimate of drug-likeness (QED) is 0.608. The lowest BCUT2D eigenvalue weighted by atomic mass is 10.2. The van der Waals surface area contributed by atoms with Crippen molar-refractivity contribution in [3.8, 4) is 11.5 Å². The summed E-state index contributed by atoms with van der Waals surface area (Å²) in [6.07, 6.45) is 5.19. The van der Waals surface area contributed by atoms with Gasteiger partial charge in [0.15, 0.2) is 15.8 Å². The Morgan fingerprint density at radius 3 is 2.83 bits per heavy atom. The minimum atomic E-state index is -0.148. The van der Waals surface area contributed by atoms with Gasteiger partial charge in [-0.25, -0.2) is 0 Å². The number of hydrogen-bond acceptors (Lipinski definition) is 6. The Hall–Kier alpha value is -2.38.